The van der Waals surface area contributed by atoms with Gasteiger partial charge in [-0.2, -0.15) is 5.10 Å². The van der Waals surface area contributed by atoms with Crippen molar-refractivity contribution in [1.29, 1.82) is 0 Å². The van der Waals surface area contributed by atoms with E-state index in [0.29, 0.717) is 5.75 Å². The van der Waals surface area contributed by atoms with E-state index >= 15 is 0 Å². The molecule has 5 nitrogen and oxygen atoms in total. The van der Waals surface area contributed by atoms with Crippen molar-refractivity contribution in [1.82, 2.24) is 15.5 Å². The second-order valence-electron chi connectivity index (χ2n) is 4.51. The van der Waals surface area contributed by atoms with Gasteiger partial charge >= 0.3 is 0 Å². The van der Waals surface area contributed by atoms with E-state index in [1.54, 1.807) is 18.8 Å². The molecule has 0 bridgehead atoms. The average molecular weight is 278 g/mol. The van der Waals surface area contributed by atoms with Crippen molar-refractivity contribution in [3.63, 3.8) is 0 Å². The van der Waals surface area contributed by atoms with Crippen LogP contribution in [0.15, 0.2) is 23.2 Å². The fourth-order valence-electron chi connectivity index (χ4n) is 1.79. The first-order chi connectivity index (χ1) is 9.15. The van der Waals surface area contributed by atoms with E-state index in [9.17, 15) is 4.79 Å². The standard InChI is InChI=1S/C13H18N4OS/c1-14-10(7-18)8-19-13-5-11-9(6-15-16-11)4-12(13)17(2)3/h4-7,10,14H,8H2,1-3H3,(H,15,16)/t10-/m1/s1. The fraction of sp³-hybridized carbons (Fsp3) is 0.385. The maximum absolute atomic E-state index is 10.8. The molecule has 0 saturated carbocycles. The third-order valence-corrected chi connectivity index (χ3v) is 4.12. The second kappa shape index (κ2) is 6.08. The summed E-state index contributed by atoms with van der Waals surface area (Å²) in [5.41, 5.74) is 2.15. The molecule has 0 fully saturated rings. The van der Waals surface area contributed by atoms with Gasteiger partial charge in [0, 0.05) is 30.1 Å². The molecule has 0 saturated heterocycles. The predicted molar refractivity (Wildman–Crippen MR) is 80.1 cm³/mol. The molecular formula is C13H18N4OS. The molecule has 0 aliphatic rings. The first-order valence-corrected chi connectivity index (χ1v) is 7.04. The van der Waals surface area contributed by atoms with Gasteiger partial charge in [0.25, 0.3) is 0 Å². The number of thioether (sulfide) groups is 1. The van der Waals surface area contributed by atoms with Gasteiger partial charge in [0.1, 0.15) is 6.29 Å². The highest BCUT2D eigenvalue weighted by atomic mass is 32.2. The molecule has 102 valence electrons. The molecule has 1 heterocycles. The number of H-pyrrole nitrogens is 1. The molecule has 0 spiro atoms. The Morgan fingerprint density at radius 3 is 2.95 bits per heavy atom. The van der Waals surface area contributed by atoms with Crippen LogP contribution in [0.25, 0.3) is 10.9 Å². The number of carbonyl (C=O) groups is 1. The van der Waals surface area contributed by atoms with Gasteiger partial charge in [-0.05, 0) is 19.2 Å². The number of nitrogens with zero attached hydrogens (tertiary/aromatic N) is 2. The Hall–Kier alpha value is -1.53. The van der Waals surface area contributed by atoms with Gasteiger partial charge < -0.3 is 15.0 Å². The van der Waals surface area contributed by atoms with Crippen LogP contribution in [0.4, 0.5) is 5.69 Å². The highest BCUT2D eigenvalue weighted by molar-refractivity contribution is 7.99. The minimum Gasteiger partial charge on any atom is -0.377 e. The summed E-state index contributed by atoms with van der Waals surface area (Å²) in [5.74, 6) is 0.709. The molecule has 0 amide bonds. The second-order valence-corrected chi connectivity index (χ2v) is 5.58. The number of anilines is 1. The highest BCUT2D eigenvalue weighted by Gasteiger charge is 2.11. The highest BCUT2D eigenvalue weighted by Crippen LogP contribution is 2.33. The number of hydrogen-bond acceptors (Lipinski definition) is 5. The molecule has 0 aliphatic carbocycles. The van der Waals surface area contributed by atoms with E-state index < -0.39 is 0 Å². The zero-order valence-corrected chi connectivity index (χ0v) is 12.1. The number of carbonyl (C=O) groups excluding carboxylic acids is 1. The molecule has 2 N–H and O–H groups in total. The van der Waals surface area contributed by atoms with Gasteiger partial charge in [-0.1, -0.05) is 0 Å². The Kier molecular flexibility index (Phi) is 4.44. The summed E-state index contributed by atoms with van der Waals surface area (Å²) in [5, 5.41) is 11.1. The number of nitrogens with one attached hydrogen (secondary N) is 2. The monoisotopic (exact) mass is 278 g/mol. The minimum absolute atomic E-state index is 0.127. The van der Waals surface area contributed by atoms with Crippen LogP contribution in [-0.2, 0) is 4.79 Å². The van der Waals surface area contributed by atoms with Crippen LogP contribution in [0.3, 0.4) is 0 Å². The topological polar surface area (TPSA) is 61.0 Å². The summed E-state index contributed by atoms with van der Waals surface area (Å²) in [7, 11) is 5.83. The van der Waals surface area contributed by atoms with Crippen LogP contribution in [0.1, 0.15) is 0 Å². The number of rotatable bonds is 6. The summed E-state index contributed by atoms with van der Waals surface area (Å²) in [6.45, 7) is 0. The number of benzene rings is 1. The maximum Gasteiger partial charge on any atom is 0.137 e. The summed E-state index contributed by atoms with van der Waals surface area (Å²) in [4.78, 5) is 14.1. The zero-order chi connectivity index (χ0) is 13.8. The molecule has 19 heavy (non-hydrogen) atoms. The van der Waals surface area contributed by atoms with Crippen molar-refractivity contribution in [3.8, 4) is 0 Å². The van der Waals surface area contributed by atoms with Crippen molar-refractivity contribution in [2.75, 3.05) is 31.8 Å². The smallest absolute Gasteiger partial charge is 0.137 e. The molecule has 2 rings (SSSR count). The van der Waals surface area contributed by atoms with Gasteiger partial charge in [0.15, 0.2) is 0 Å². The summed E-state index contributed by atoms with van der Waals surface area (Å²) < 4.78 is 0. The van der Waals surface area contributed by atoms with Crippen molar-refractivity contribution in [2.45, 2.75) is 10.9 Å². The lowest BCUT2D eigenvalue weighted by atomic mass is 10.2. The van der Waals surface area contributed by atoms with Crippen LogP contribution in [0.5, 0.6) is 0 Å². The lowest BCUT2D eigenvalue weighted by Crippen LogP contribution is -2.29. The fourth-order valence-corrected chi connectivity index (χ4v) is 2.99. The maximum atomic E-state index is 10.8. The lowest BCUT2D eigenvalue weighted by molar-refractivity contribution is -0.109. The Morgan fingerprint density at radius 1 is 1.53 bits per heavy atom. The van der Waals surface area contributed by atoms with Gasteiger partial charge in [-0.25, -0.2) is 0 Å². The third kappa shape index (κ3) is 3.08. The van der Waals surface area contributed by atoms with E-state index in [0.717, 1.165) is 27.8 Å². The predicted octanol–water partition coefficient (Wildman–Crippen LogP) is 1.51. The lowest BCUT2D eigenvalue weighted by Gasteiger charge is -2.18. The Balaban J connectivity index is 2.28. The summed E-state index contributed by atoms with van der Waals surface area (Å²) >= 11 is 1.67. The number of fused-ring (bicyclic) bond motifs is 1. The molecule has 1 aromatic heterocycles. The van der Waals surface area contributed by atoms with Gasteiger partial charge in [-0.15, -0.1) is 11.8 Å². The number of likely N-dealkylation sites (N-methyl/N-ethyl adjacent to an activating group) is 1. The van der Waals surface area contributed by atoms with E-state index in [4.69, 9.17) is 0 Å². The van der Waals surface area contributed by atoms with E-state index in [1.165, 1.54) is 0 Å². The largest absolute Gasteiger partial charge is 0.377 e. The summed E-state index contributed by atoms with van der Waals surface area (Å²) in [6, 6.07) is 4.06. The van der Waals surface area contributed by atoms with Crippen LogP contribution >= 0.6 is 11.8 Å². The Labute approximate surface area is 116 Å². The van der Waals surface area contributed by atoms with Crippen LogP contribution in [0, 0.1) is 0 Å². The first kappa shape index (κ1) is 13.9. The minimum atomic E-state index is -0.127. The van der Waals surface area contributed by atoms with Crippen molar-refractivity contribution >= 4 is 34.6 Å². The van der Waals surface area contributed by atoms with Crippen LogP contribution in [0.2, 0.25) is 0 Å². The number of aromatic nitrogens is 2. The average Bonchev–Trinajstić information content (AvgIpc) is 2.85. The number of hydrogen-bond donors (Lipinski definition) is 2. The van der Waals surface area contributed by atoms with Gasteiger partial charge in [0.2, 0.25) is 0 Å². The molecule has 2 aromatic rings. The van der Waals surface area contributed by atoms with Crippen LogP contribution in [-0.4, -0.2) is 49.4 Å². The zero-order valence-electron chi connectivity index (χ0n) is 11.3. The first-order valence-electron chi connectivity index (χ1n) is 6.05. The van der Waals surface area contributed by atoms with Crippen LogP contribution < -0.4 is 10.2 Å². The molecule has 0 unspecified atom stereocenters. The Morgan fingerprint density at radius 2 is 2.32 bits per heavy atom. The molecule has 6 heteroatoms. The van der Waals surface area contributed by atoms with Crippen molar-refractivity contribution < 1.29 is 4.79 Å². The molecule has 0 radical (unpaired) electrons. The van der Waals surface area contributed by atoms with Crippen molar-refractivity contribution in [2.24, 2.45) is 0 Å². The van der Waals surface area contributed by atoms with Gasteiger partial charge in [-0.3, -0.25) is 5.10 Å². The van der Waals surface area contributed by atoms with E-state index in [2.05, 4.69) is 32.5 Å². The van der Waals surface area contributed by atoms with Crippen molar-refractivity contribution in [3.05, 3.63) is 18.3 Å². The normalized spacial score (nSPS) is 12.6. The molecule has 0 aliphatic heterocycles. The molecule has 1 atom stereocenters. The SMILES string of the molecule is CN[C@H](C=O)CSc1cc2[nH]ncc2cc1N(C)C. The van der Waals surface area contributed by atoms with E-state index in [-0.39, 0.29) is 6.04 Å². The van der Waals surface area contributed by atoms with Gasteiger partial charge in [0.05, 0.1) is 23.4 Å². The quantitative estimate of drug-likeness (QED) is 0.619. The summed E-state index contributed by atoms with van der Waals surface area (Å²) in [6.07, 6.45) is 2.76. The number of aldehydes is 1. The molecular weight excluding hydrogens is 260 g/mol. The Bertz CT molecular complexity index is 567. The molecule has 1 aromatic carbocycles. The van der Waals surface area contributed by atoms with E-state index in [1.807, 2.05) is 20.3 Å². The number of aromatic amines is 1. The third-order valence-electron chi connectivity index (χ3n) is 2.96.